The van der Waals surface area contributed by atoms with Gasteiger partial charge < -0.3 is 5.32 Å². The van der Waals surface area contributed by atoms with Crippen molar-refractivity contribution in [1.82, 2.24) is 5.32 Å². The maximum Gasteiger partial charge on any atom is 0.0294 e. The van der Waals surface area contributed by atoms with E-state index in [-0.39, 0.29) is 0 Å². The highest BCUT2D eigenvalue weighted by atomic mass is 79.9. The molecule has 1 N–H and O–H groups in total. The van der Waals surface area contributed by atoms with Crippen molar-refractivity contribution >= 4 is 15.9 Å². The van der Waals surface area contributed by atoms with Gasteiger partial charge in [0.25, 0.3) is 0 Å². The molecule has 0 saturated heterocycles. The summed E-state index contributed by atoms with van der Waals surface area (Å²) in [5.41, 5.74) is 4.04. The van der Waals surface area contributed by atoms with Gasteiger partial charge in [-0.15, -0.1) is 0 Å². The normalized spacial score (nSPS) is 12.4. The minimum atomic E-state index is 0.360. The lowest BCUT2D eigenvalue weighted by Gasteiger charge is -2.14. The summed E-state index contributed by atoms with van der Waals surface area (Å²) in [7, 11) is 0. The number of aryl methyl sites for hydroxylation is 1. The highest BCUT2D eigenvalue weighted by Gasteiger charge is 2.04. The Kier molecular flexibility index (Phi) is 5.17. The van der Waals surface area contributed by atoms with Crippen LogP contribution in [0.15, 0.2) is 53.0 Å². The SMILES string of the molecule is CCc1ccc(CN[C@@H](C)c2ccc(Br)cc2)cc1. The average molecular weight is 318 g/mol. The van der Waals surface area contributed by atoms with E-state index in [2.05, 4.69) is 83.6 Å². The van der Waals surface area contributed by atoms with Crippen LogP contribution in [0, 0.1) is 0 Å². The van der Waals surface area contributed by atoms with E-state index in [1.54, 1.807) is 0 Å². The van der Waals surface area contributed by atoms with Crippen LogP contribution in [0.3, 0.4) is 0 Å². The lowest BCUT2D eigenvalue weighted by Crippen LogP contribution is -2.17. The lowest BCUT2D eigenvalue weighted by atomic mass is 10.1. The first-order valence-electron chi connectivity index (χ1n) is 6.75. The Morgan fingerprint density at radius 1 is 0.947 bits per heavy atom. The Balaban J connectivity index is 1.92. The average Bonchev–Trinajstić information content (AvgIpc) is 2.46. The summed E-state index contributed by atoms with van der Waals surface area (Å²) in [6, 6.07) is 17.7. The van der Waals surface area contributed by atoms with Crippen LogP contribution in [-0.2, 0) is 13.0 Å². The zero-order chi connectivity index (χ0) is 13.7. The molecule has 0 spiro atoms. The van der Waals surface area contributed by atoms with E-state index in [4.69, 9.17) is 0 Å². The highest BCUT2D eigenvalue weighted by Crippen LogP contribution is 2.17. The first-order valence-corrected chi connectivity index (χ1v) is 7.55. The zero-order valence-corrected chi connectivity index (χ0v) is 13.1. The van der Waals surface area contributed by atoms with E-state index in [0.717, 1.165) is 17.4 Å². The Hall–Kier alpha value is -1.12. The van der Waals surface area contributed by atoms with Gasteiger partial charge in [-0.05, 0) is 42.2 Å². The fraction of sp³-hybridized carbons (Fsp3) is 0.294. The summed E-state index contributed by atoms with van der Waals surface area (Å²) >= 11 is 3.46. The van der Waals surface area contributed by atoms with Gasteiger partial charge in [-0.3, -0.25) is 0 Å². The molecule has 1 nitrogen and oxygen atoms in total. The molecule has 100 valence electrons. The lowest BCUT2D eigenvalue weighted by molar-refractivity contribution is 0.574. The number of hydrogen-bond donors (Lipinski definition) is 1. The molecule has 0 aliphatic carbocycles. The standard InChI is InChI=1S/C17H20BrN/c1-3-14-4-6-15(7-5-14)12-19-13(2)16-8-10-17(18)11-9-16/h4-11,13,19H,3,12H2,1-2H3/t13-/m0/s1. The van der Waals surface area contributed by atoms with Crippen molar-refractivity contribution in [2.75, 3.05) is 0 Å². The number of nitrogens with one attached hydrogen (secondary N) is 1. The third kappa shape index (κ3) is 4.19. The fourth-order valence-electron chi connectivity index (χ4n) is 2.03. The van der Waals surface area contributed by atoms with E-state index in [9.17, 15) is 0 Å². The van der Waals surface area contributed by atoms with Crippen molar-refractivity contribution in [2.45, 2.75) is 32.9 Å². The van der Waals surface area contributed by atoms with Gasteiger partial charge >= 0.3 is 0 Å². The molecule has 0 bridgehead atoms. The van der Waals surface area contributed by atoms with Crippen molar-refractivity contribution < 1.29 is 0 Å². The van der Waals surface area contributed by atoms with E-state index in [1.165, 1.54) is 16.7 Å². The molecule has 0 fully saturated rings. The van der Waals surface area contributed by atoms with Crippen LogP contribution in [0.1, 0.15) is 36.6 Å². The number of rotatable bonds is 5. The largest absolute Gasteiger partial charge is 0.306 e. The summed E-state index contributed by atoms with van der Waals surface area (Å²) in [5.74, 6) is 0. The minimum Gasteiger partial charge on any atom is -0.306 e. The van der Waals surface area contributed by atoms with Gasteiger partial charge in [-0.1, -0.05) is 59.3 Å². The monoisotopic (exact) mass is 317 g/mol. The zero-order valence-electron chi connectivity index (χ0n) is 11.5. The number of hydrogen-bond acceptors (Lipinski definition) is 1. The minimum absolute atomic E-state index is 0.360. The molecule has 0 unspecified atom stereocenters. The van der Waals surface area contributed by atoms with Crippen LogP contribution in [0.2, 0.25) is 0 Å². The summed E-state index contributed by atoms with van der Waals surface area (Å²) in [5, 5.41) is 3.56. The van der Waals surface area contributed by atoms with Crippen LogP contribution >= 0.6 is 15.9 Å². The van der Waals surface area contributed by atoms with Crippen LogP contribution in [0.25, 0.3) is 0 Å². The van der Waals surface area contributed by atoms with E-state index in [0.29, 0.717) is 6.04 Å². The first kappa shape index (κ1) is 14.3. The molecule has 2 aromatic rings. The van der Waals surface area contributed by atoms with Gasteiger partial charge in [0.05, 0.1) is 0 Å². The van der Waals surface area contributed by atoms with Crippen LogP contribution in [0.5, 0.6) is 0 Å². The summed E-state index contributed by atoms with van der Waals surface area (Å²) in [6.45, 7) is 5.29. The van der Waals surface area contributed by atoms with Gasteiger partial charge in [0.1, 0.15) is 0 Å². The molecule has 0 heterocycles. The van der Waals surface area contributed by atoms with E-state index >= 15 is 0 Å². The maximum atomic E-state index is 3.56. The smallest absolute Gasteiger partial charge is 0.0294 e. The molecule has 2 aromatic carbocycles. The van der Waals surface area contributed by atoms with Crippen molar-refractivity contribution in [1.29, 1.82) is 0 Å². The topological polar surface area (TPSA) is 12.0 Å². The predicted molar refractivity (Wildman–Crippen MR) is 85.2 cm³/mol. The molecule has 0 saturated carbocycles. The van der Waals surface area contributed by atoms with Gasteiger partial charge in [0.15, 0.2) is 0 Å². The molecule has 19 heavy (non-hydrogen) atoms. The van der Waals surface area contributed by atoms with Gasteiger partial charge in [0.2, 0.25) is 0 Å². The third-order valence-corrected chi connectivity index (χ3v) is 3.94. The Morgan fingerprint density at radius 3 is 2.11 bits per heavy atom. The quantitative estimate of drug-likeness (QED) is 0.830. The highest BCUT2D eigenvalue weighted by molar-refractivity contribution is 9.10. The molecule has 0 aliphatic heterocycles. The van der Waals surface area contributed by atoms with Crippen molar-refractivity contribution in [2.24, 2.45) is 0 Å². The fourth-order valence-corrected chi connectivity index (χ4v) is 2.30. The molecule has 0 aromatic heterocycles. The molecule has 2 heteroatoms. The first-order chi connectivity index (χ1) is 9.19. The maximum absolute atomic E-state index is 3.56. The molecule has 0 amide bonds. The van der Waals surface area contributed by atoms with Crippen molar-refractivity contribution in [3.8, 4) is 0 Å². The second kappa shape index (κ2) is 6.88. The molecule has 0 aliphatic rings. The molecule has 1 atom stereocenters. The van der Waals surface area contributed by atoms with Gasteiger partial charge in [-0.2, -0.15) is 0 Å². The summed E-state index contributed by atoms with van der Waals surface area (Å²) < 4.78 is 1.12. The second-order valence-corrected chi connectivity index (χ2v) is 5.74. The van der Waals surface area contributed by atoms with E-state index < -0.39 is 0 Å². The van der Waals surface area contributed by atoms with Gasteiger partial charge in [0, 0.05) is 17.1 Å². The van der Waals surface area contributed by atoms with Crippen LogP contribution in [0.4, 0.5) is 0 Å². The number of benzene rings is 2. The molecule has 0 radical (unpaired) electrons. The molecule has 2 rings (SSSR count). The predicted octanol–water partition coefficient (Wildman–Crippen LogP) is 4.86. The molecular weight excluding hydrogens is 298 g/mol. The van der Waals surface area contributed by atoms with Gasteiger partial charge in [-0.25, -0.2) is 0 Å². The third-order valence-electron chi connectivity index (χ3n) is 3.41. The number of halogens is 1. The van der Waals surface area contributed by atoms with Crippen LogP contribution < -0.4 is 5.32 Å². The second-order valence-electron chi connectivity index (χ2n) is 4.82. The van der Waals surface area contributed by atoms with E-state index in [1.807, 2.05) is 0 Å². The van der Waals surface area contributed by atoms with Crippen molar-refractivity contribution in [3.63, 3.8) is 0 Å². The molecular formula is C17H20BrN. The van der Waals surface area contributed by atoms with Crippen LogP contribution in [-0.4, -0.2) is 0 Å². The summed E-state index contributed by atoms with van der Waals surface area (Å²) in [4.78, 5) is 0. The Bertz CT molecular complexity index is 502. The Labute approximate surface area is 124 Å². The summed E-state index contributed by atoms with van der Waals surface area (Å²) in [6.07, 6.45) is 1.10. The Morgan fingerprint density at radius 2 is 1.53 bits per heavy atom. The van der Waals surface area contributed by atoms with Crippen molar-refractivity contribution in [3.05, 3.63) is 69.7 Å².